The minimum atomic E-state index is 0.766. The number of benzene rings is 1. The Morgan fingerprint density at radius 2 is 1.75 bits per heavy atom. The monoisotopic (exact) mass is 211 g/mol. The quantitative estimate of drug-likeness (QED) is 0.670. The van der Waals surface area contributed by atoms with Crippen LogP contribution in [0, 0.1) is 11.3 Å². The van der Waals surface area contributed by atoms with E-state index in [1.165, 1.54) is 43.7 Å². The van der Waals surface area contributed by atoms with E-state index in [1.54, 1.807) is 0 Å². The van der Waals surface area contributed by atoms with Gasteiger partial charge in [0, 0.05) is 6.08 Å². The van der Waals surface area contributed by atoms with Gasteiger partial charge in [-0.15, -0.1) is 0 Å². The number of allylic oxidation sites excluding steroid dienone is 1. The summed E-state index contributed by atoms with van der Waals surface area (Å²) in [5, 5.41) is 8.45. The summed E-state index contributed by atoms with van der Waals surface area (Å²) in [6, 6.07) is 10.7. The normalized spacial score (nSPS) is 17.4. The first kappa shape index (κ1) is 11.0. The lowest BCUT2D eigenvalue weighted by atomic mass is 9.84. The summed E-state index contributed by atoms with van der Waals surface area (Å²) in [6.45, 7) is 0. The van der Waals surface area contributed by atoms with E-state index in [0.717, 1.165) is 11.5 Å². The van der Waals surface area contributed by atoms with Crippen LogP contribution in [0.1, 0.15) is 49.1 Å². The zero-order chi connectivity index (χ0) is 11.2. The maximum absolute atomic E-state index is 8.45. The Kier molecular flexibility index (Phi) is 3.77. The highest BCUT2D eigenvalue weighted by atomic mass is 14.2. The van der Waals surface area contributed by atoms with Gasteiger partial charge in [0.05, 0.1) is 6.07 Å². The Morgan fingerprint density at radius 3 is 2.38 bits per heavy atom. The van der Waals surface area contributed by atoms with Crippen LogP contribution in [0.5, 0.6) is 0 Å². The third-order valence-corrected chi connectivity index (χ3v) is 3.36. The molecule has 1 aromatic rings. The molecule has 0 unspecified atom stereocenters. The van der Waals surface area contributed by atoms with Crippen LogP contribution in [0.25, 0.3) is 6.08 Å². The number of nitriles is 1. The molecular formula is C15H17N. The number of rotatable bonds is 2. The smallest absolute Gasteiger partial charge is 0.0912 e. The highest BCUT2D eigenvalue weighted by Gasteiger charge is 2.14. The molecule has 0 amide bonds. The topological polar surface area (TPSA) is 23.8 Å². The Balaban J connectivity index is 2.06. The summed E-state index contributed by atoms with van der Waals surface area (Å²) in [5.74, 6) is 0.766. The molecule has 2 rings (SSSR count). The zero-order valence-corrected chi connectivity index (χ0v) is 9.52. The summed E-state index contributed by atoms with van der Waals surface area (Å²) in [5.41, 5.74) is 2.58. The average molecular weight is 211 g/mol. The molecule has 0 radical (unpaired) electrons. The minimum Gasteiger partial charge on any atom is -0.193 e. The first-order valence-corrected chi connectivity index (χ1v) is 6.06. The molecular weight excluding hydrogens is 194 g/mol. The molecule has 16 heavy (non-hydrogen) atoms. The predicted molar refractivity (Wildman–Crippen MR) is 66.9 cm³/mol. The molecule has 1 aliphatic carbocycles. The number of hydrogen-bond acceptors (Lipinski definition) is 1. The first-order valence-electron chi connectivity index (χ1n) is 6.06. The second-order valence-electron chi connectivity index (χ2n) is 4.46. The number of nitrogens with zero attached hydrogens (tertiary/aromatic N) is 1. The second kappa shape index (κ2) is 5.51. The van der Waals surface area contributed by atoms with Crippen molar-refractivity contribution in [3.05, 3.63) is 41.5 Å². The van der Waals surface area contributed by atoms with Gasteiger partial charge in [-0.2, -0.15) is 5.26 Å². The van der Waals surface area contributed by atoms with E-state index < -0.39 is 0 Å². The second-order valence-corrected chi connectivity index (χ2v) is 4.46. The van der Waals surface area contributed by atoms with Gasteiger partial charge in [-0.05, 0) is 36.0 Å². The van der Waals surface area contributed by atoms with Crippen LogP contribution < -0.4 is 0 Å². The fraction of sp³-hybridized carbons (Fsp3) is 0.400. The molecule has 1 saturated carbocycles. The van der Waals surface area contributed by atoms with Gasteiger partial charge in [0.1, 0.15) is 0 Å². The minimum absolute atomic E-state index is 0.766. The van der Waals surface area contributed by atoms with Crippen LogP contribution in [0.3, 0.4) is 0 Å². The lowest BCUT2D eigenvalue weighted by molar-refractivity contribution is 0.443. The maximum Gasteiger partial charge on any atom is 0.0912 e. The van der Waals surface area contributed by atoms with E-state index in [0.29, 0.717) is 0 Å². The van der Waals surface area contributed by atoms with E-state index >= 15 is 0 Å². The van der Waals surface area contributed by atoms with Gasteiger partial charge in [-0.25, -0.2) is 0 Å². The van der Waals surface area contributed by atoms with Crippen LogP contribution in [-0.2, 0) is 0 Å². The van der Waals surface area contributed by atoms with Crippen molar-refractivity contribution >= 4 is 6.08 Å². The highest BCUT2D eigenvalue weighted by molar-refractivity contribution is 5.52. The van der Waals surface area contributed by atoms with Crippen molar-refractivity contribution < 1.29 is 0 Å². The van der Waals surface area contributed by atoms with Crippen LogP contribution in [0.2, 0.25) is 0 Å². The Bertz CT molecular complexity index is 388. The van der Waals surface area contributed by atoms with E-state index in [2.05, 4.69) is 24.3 Å². The van der Waals surface area contributed by atoms with Gasteiger partial charge in [0.25, 0.3) is 0 Å². The predicted octanol–water partition coefficient (Wildman–Crippen LogP) is 4.27. The summed E-state index contributed by atoms with van der Waals surface area (Å²) in [4.78, 5) is 0. The Hall–Kier alpha value is -1.55. The molecule has 82 valence electrons. The van der Waals surface area contributed by atoms with Gasteiger partial charge in [-0.1, -0.05) is 43.5 Å². The fourth-order valence-corrected chi connectivity index (χ4v) is 2.45. The van der Waals surface area contributed by atoms with Crippen molar-refractivity contribution in [2.75, 3.05) is 0 Å². The third-order valence-electron chi connectivity index (χ3n) is 3.36. The molecule has 0 atom stereocenters. The highest BCUT2D eigenvalue weighted by Crippen LogP contribution is 2.32. The van der Waals surface area contributed by atoms with E-state index in [4.69, 9.17) is 5.26 Å². The standard InChI is InChI=1S/C15H17N/c16-12-4-5-13-8-10-15(11-9-13)14-6-2-1-3-7-14/h4-5,8-11,14H,1-3,6-7H2. The molecule has 1 fully saturated rings. The zero-order valence-electron chi connectivity index (χ0n) is 9.52. The van der Waals surface area contributed by atoms with Gasteiger partial charge in [-0.3, -0.25) is 0 Å². The van der Waals surface area contributed by atoms with E-state index in [9.17, 15) is 0 Å². The molecule has 0 heterocycles. The van der Waals surface area contributed by atoms with Crippen molar-refractivity contribution in [2.24, 2.45) is 0 Å². The summed E-state index contributed by atoms with van der Waals surface area (Å²) < 4.78 is 0. The van der Waals surface area contributed by atoms with Crippen molar-refractivity contribution in [3.8, 4) is 6.07 Å². The third kappa shape index (κ3) is 2.73. The molecule has 0 spiro atoms. The lowest BCUT2D eigenvalue weighted by Crippen LogP contribution is -2.04. The largest absolute Gasteiger partial charge is 0.193 e. The summed E-state index contributed by atoms with van der Waals surface area (Å²) >= 11 is 0. The molecule has 1 nitrogen and oxygen atoms in total. The van der Waals surface area contributed by atoms with Crippen molar-refractivity contribution in [3.63, 3.8) is 0 Å². The van der Waals surface area contributed by atoms with Crippen molar-refractivity contribution in [1.29, 1.82) is 5.26 Å². The van der Waals surface area contributed by atoms with Gasteiger partial charge >= 0.3 is 0 Å². The SMILES string of the molecule is N#CC=Cc1ccc(C2CCCCC2)cc1. The van der Waals surface area contributed by atoms with E-state index in [1.807, 2.05) is 12.1 Å². The van der Waals surface area contributed by atoms with Gasteiger partial charge in [0.15, 0.2) is 0 Å². The molecule has 0 bridgehead atoms. The van der Waals surface area contributed by atoms with Crippen LogP contribution in [0.4, 0.5) is 0 Å². The Labute approximate surface area is 97.4 Å². The molecule has 1 heteroatoms. The first-order chi connectivity index (χ1) is 7.90. The summed E-state index contributed by atoms with van der Waals surface area (Å²) in [7, 11) is 0. The van der Waals surface area contributed by atoms with Gasteiger partial charge < -0.3 is 0 Å². The molecule has 0 aromatic heterocycles. The van der Waals surface area contributed by atoms with Crippen LogP contribution in [-0.4, -0.2) is 0 Å². The van der Waals surface area contributed by atoms with Crippen molar-refractivity contribution in [2.45, 2.75) is 38.0 Å². The van der Waals surface area contributed by atoms with Crippen LogP contribution in [0.15, 0.2) is 30.3 Å². The molecule has 1 aromatic carbocycles. The Morgan fingerprint density at radius 1 is 1.06 bits per heavy atom. The lowest BCUT2D eigenvalue weighted by Gasteiger charge is -2.21. The van der Waals surface area contributed by atoms with Crippen molar-refractivity contribution in [1.82, 2.24) is 0 Å². The fourth-order valence-electron chi connectivity index (χ4n) is 2.45. The summed E-state index contributed by atoms with van der Waals surface area (Å²) in [6.07, 6.45) is 10.2. The molecule has 0 N–H and O–H groups in total. The maximum atomic E-state index is 8.45. The number of hydrogen-bond donors (Lipinski definition) is 0. The van der Waals surface area contributed by atoms with Crippen LogP contribution >= 0.6 is 0 Å². The van der Waals surface area contributed by atoms with Gasteiger partial charge in [0.2, 0.25) is 0 Å². The molecule has 0 aliphatic heterocycles. The van der Waals surface area contributed by atoms with E-state index in [-0.39, 0.29) is 0 Å². The molecule has 0 saturated heterocycles. The average Bonchev–Trinajstić information content (AvgIpc) is 2.38. The molecule has 1 aliphatic rings.